The van der Waals surface area contributed by atoms with Crippen LogP contribution in [-0.4, -0.2) is 6.88 Å². The summed E-state index contributed by atoms with van der Waals surface area (Å²) in [6, 6.07) is 9.42. The zero-order chi connectivity index (χ0) is 17.7. The van der Waals surface area contributed by atoms with Crippen molar-refractivity contribution in [3.63, 3.8) is 0 Å². The zero-order valence-electron chi connectivity index (χ0n) is 18.7. The molecule has 0 aromatic heterocycles. The summed E-state index contributed by atoms with van der Waals surface area (Å²) in [6.07, 6.45) is 8.17. The van der Waals surface area contributed by atoms with Crippen molar-refractivity contribution in [2.24, 2.45) is 0 Å². The van der Waals surface area contributed by atoms with E-state index < -0.39 is 0 Å². The molecule has 2 aliphatic rings. The van der Waals surface area contributed by atoms with E-state index in [2.05, 4.69) is 52.0 Å². The van der Waals surface area contributed by atoms with Crippen LogP contribution >= 0.6 is 24.8 Å². The van der Waals surface area contributed by atoms with Crippen LogP contribution in [0.4, 0.5) is 0 Å². The first-order valence-electron chi connectivity index (χ1n) is 9.42. The van der Waals surface area contributed by atoms with Crippen LogP contribution in [0.3, 0.4) is 0 Å². The molecule has 2 aliphatic carbocycles. The molecule has 0 amide bonds. The molecule has 4 rings (SSSR count). The summed E-state index contributed by atoms with van der Waals surface area (Å²) in [5.74, 6) is 1.62. The average Bonchev–Trinajstić information content (AvgIpc) is 3.13. The van der Waals surface area contributed by atoms with Crippen LogP contribution in [0.15, 0.2) is 24.3 Å². The van der Waals surface area contributed by atoms with Crippen LogP contribution in [0.25, 0.3) is 0 Å². The van der Waals surface area contributed by atoms with E-state index in [9.17, 15) is 0 Å². The average molecular weight is 519 g/mol. The van der Waals surface area contributed by atoms with Crippen molar-refractivity contribution in [3.05, 3.63) is 72.5 Å². The zero-order valence-corrected chi connectivity index (χ0v) is 24.2. The molecule has 2 unspecified atom stereocenters. The number of halogens is 2. The summed E-state index contributed by atoms with van der Waals surface area (Å²) in [6.45, 7) is 11.0. The van der Waals surface area contributed by atoms with Crippen molar-refractivity contribution >= 4 is 31.7 Å². The van der Waals surface area contributed by atoms with Crippen molar-refractivity contribution in [1.82, 2.24) is 0 Å². The molecule has 0 radical (unpaired) electrons. The van der Waals surface area contributed by atoms with Crippen LogP contribution in [0.5, 0.6) is 0 Å². The van der Waals surface area contributed by atoms with E-state index >= 15 is 0 Å². The molecule has 0 spiro atoms. The van der Waals surface area contributed by atoms with Gasteiger partial charge in [-0.2, -0.15) is 45.5 Å². The first-order chi connectivity index (χ1) is 11.5. The van der Waals surface area contributed by atoms with Crippen molar-refractivity contribution in [3.8, 4) is 0 Å². The van der Waals surface area contributed by atoms with E-state index in [0.29, 0.717) is 0 Å². The van der Waals surface area contributed by atoms with Gasteiger partial charge in [-0.05, 0) is 0 Å². The monoisotopic (exact) mass is 516 g/mol. The second kappa shape index (κ2) is 16.1. The van der Waals surface area contributed by atoms with E-state index in [4.69, 9.17) is 0 Å². The topological polar surface area (TPSA) is 0 Å². The Kier molecular flexibility index (Phi) is 19.0. The molecule has 0 saturated carbocycles. The third-order valence-corrected chi connectivity index (χ3v) is 5.54. The Morgan fingerprint density at radius 2 is 1.11 bits per heavy atom. The van der Waals surface area contributed by atoms with Gasteiger partial charge < -0.3 is 14.9 Å². The van der Waals surface area contributed by atoms with Gasteiger partial charge in [0.1, 0.15) is 0 Å². The molecule has 2 aromatic rings. The predicted molar refractivity (Wildman–Crippen MR) is 132 cm³/mol. The van der Waals surface area contributed by atoms with Crippen LogP contribution in [0, 0.1) is 28.7 Å². The summed E-state index contributed by atoms with van der Waals surface area (Å²) in [5, 5.41) is 0. The Bertz CT molecular complexity index is 603. The SMILES string of the molecule is Cc1cc2c([cH-]1)CCCC2C.Cc1cc2c([cH-]1)CCCC2C.Cl.Cl.[CH3-].[CH3-].[SiH2]=[Zr]. The third-order valence-electron chi connectivity index (χ3n) is 5.54. The standard InChI is InChI=1S/2C11H15.2CH3.2ClH.H2Si.Zr/c2*1-8-6-10-5-3-4-9(2)11(10)7-8;;;;;;/h2*6-7,9H,3-5H2,1-2H3;2*1H3;2*1H;1H2;/q4*-1;;;;. The third kappa shape index (κ3) is 8.63. The fourth-order valence-electron chi connectivity index (χ4n) is 4.33. The maximum absolute atomic E-state index is 2.36. The van der Waals surface area contributed by atoms with Crippen LogP contribution in [0.2, 0.25) is 0 Å². The Hall–Kier alpha value is 0.380. The van der Waals surface area contributed by atoms with E-state index in [1.165, 1.54) is 49.7 Å². The van der Waals surface area contributed by atoms with Gasteiger partial charge in [-0.3, -0.25) is 0 Å². The number of aryl methyl sites for hydroxylation is 4. The Morgan fingerprint density at radius 1 is 0.786 bits per heavy atom. The molecule has 2 aromatic carbocycles. The molecule has 0 nitrogen and oxygen atoms in total. The molecule has 28 heavy (non-hydrogen) atoms. The normalized spacial score (nSPS) is 18.4. The van der Waals surface area contributed by atoms with Gasteiger partial charge in [-0.25, -0.2) is 12.1 Å². The Labute approximate surface area is 204 Å². The van der Waals surface area contributed by atoms with E-state index in [0.717, 1.165) is 11.8 Å². The van der Waals surface area contributed by atoms with Crippen LogP contribution in [-0.2, 0) is 36.2 Å². The fraction of sp³-hybridized carbons (Fsp3) is 0.500. The van der Waals surface area contributed by atoms with Gasteiger partial charge in [-0.1, -0.05) is 78.1 Å². The molecule has 4 heteroatoms. The van der Waals surface area contributed by atoms with Gasteiger partial charge in [0.15, 0.2) is 0 Å². The molecule has 0 saturated heterocycles. The predicted octanol–water partition coefficient (Wildman–Crippen LogP) is 7.13. The minimum atomic E-state index is 0. The second-order valence-corrected chi connectivity index (χ2v) is 7.61. The first-order valence-corrected chi connectivity index (χ1v) is 15.3. The summed E-state index contributed by atoms with van der Waals surface area (Å²) in [7, 11) is 0. The van der Waals surface area contributed by atoms with Crippen molar-refractivity contribution in [2.45, 2.75) is 78.1 Å². The number of hydrogen-bond donors (Lipinski definition) is 0. The molecule has 0 aliphatic heterocycles. The van der Waals surface area contributed by atoms with Crippen molar-refractivity contribution in [1.29, 1.82) is 0 Å². The molecule has 162 valence electrons. The van der Waals surface area contributed by atoms with Crippen LogP contribution in [0.1, 0.15) is 84.7 Å². The molecule has 2 atom stereocenters. The van der Waals surface area contributed by atoms with E-state index in [1.807, 2.05) is 6.88 Å². The van der Waals surface area contributed by atoms with Gasteiger partial charge in [0.05, 0.1) is 0 Å². The summed E-state index contributed by atoms with van der Waals surface area (Å²) >= 11 is 1.58. The fourth-order valence-corrected chi connectivity index (χ4v) is 4.33. The van der Waals surface area contributed by atoms with Gasteiger partial charge in [0, 0.05) is 0 Å². The van der Waals surface area contributed by atoms with E-state index in [-0.39, 0.29) is 39.7 Å². The van der Waals surface area contributed by atoms with Gasteiger partial charge in [-0.15, -0.1) is 24.8 Å². The molecular formula is C24H40Cl2SiZr-4. The summed E-state index contributed by atoms with van der Waals surface area (Å²) in [4.78, 5) is 0. The van der Waals surface area contributed by atoms with E-state index in [1.54, 1.807) is 45.6 Å². The summed E-state index contributed by atoms with van der Waals surface area (Å²) in [5.41, 5.74) is 9.36. The molecule has 0 bridgehead atoms. The quantitative estimate of drug-likeness (QED) is 0.257. The molecule has 0 N–H and O–H groups in total. The number of fused-ring (bicyclic) bond motifs is 2. The Morgan fingerprint density at radius 3 is 1.39 bits per heavy atom. The number of hydrogen-bond acceptors (Lipinski definition) is 0. The Balaban J connectivity index is -0.000000363. The van der Waals surface area contributed by atoms with Gasteiger partial charge in [0.25, 0.3) is 0 Å². The van der Waals surface area contributed by atoms with Crippen molar-refractivity contribution in [2.75, 3.05) is 0 Å². The summed E-state index contributed by atoms with van der Waals surface area (Å²) < 4.78 is 0. The molecular weight excluding hydrogens is 478 g/mol. The number of rotatable bonds is 0. The van der Waals surface area contributed by atoms with Crippen LogP contribution < -0.4 is 0 Å². The second-order valence-electron chi connectivity index (χ2n) is 7.61. The van der Waals surface area contributed by atoms with Gasteiger partial charge >= 0.3 is 30.2 Å². The molecule has 0 heterocycles. The first kappa shape index (κ1) is 33.0. The minimum absolute atomic E-state index is 0. The van der Waals surface area contributed by atoms with Crippen molar-refractivity contribution < 1.29 is 23.3 Å². The van der Waals surface area contributed by atoms with Gasteiger partial charge in [0.2, 0.25) is 0 Å². The molecule has 0 fully saturated rings. The maximum atomic E-state index is 2.36.